The molecule has 0 aromatic heterocycles. The third-order valence-corrected chi connectivity index (χ3v) is 6.03. The molecule has 0 radical (unpaired) electrons. The molecule has 0 aliphatic carbocycles. The molecule has 2 fully saturated rings. The van der Waals surface area contributed by atoms with Crippen LogP contribution in [0.15, 0.2) is 91.0 Å². The Bertz CT molecular complexity index is 1150. The molecule has 5 rings (SSSR count). The first-order valence-corrected chi connectivity index (χ1v) is 11.6. The fraction of sp³-hybridized carbons (Fsp3) is 0.250. The van der Waals surface area contributed by atoms with E-state index in [1.807, 2.05) is 105 Å². The second kappa shape index (κ2) is 10.9. The molecule has 3 amide bonds. The SMILES string of the molecule is C[C@@H]1[C@H](c2ccccc2)OC(=O)N1C(=O)Cc1ccccc1.C[C@H]1NC(=O)O[C@H]1c1ccccc1. The Kier molecular flexibility index (Phi) is 7.45. The Balaban J connectivity index is 0.000000189. The lowest BCUT2D eigenvalue weighted by atomic mass is 10.0. The number of cyclic esters (lactones) is 2. The minimum Gasteiger partial charge on any atom is -0.439 e. The van der Waals surface area contributed by atoms with Gasteiger partial charge in [0, 0.05) is 0 Å². The number of hydrogen-bond donors (Lipinski definition) is 1. The first-order chi connectivity index (χ1) is 16.9. The van der Waals surface area contributed by atoms with Gasteiger partial charge in [-0.05, 0) is 30.5 Å². The Labute approximate surface area is 204 Å². The standard InChI is InChI=1S/C18H17NO3.C10H11NO2/c1-13-17(15-10-6-3-7-11-15)22-18(21)19(13)16(20)12-14-8-4-2-5-9-14;1-7-9(13-10(12)11-7)8-5-3-2-4-6-8/h2-11,13,17H,12H2,1H3;2-7,9H,1H3,(H,11,12)/t13-,17-;7-,9-/m11/s1. The van der Waals surface area contributed by atoms with E-state index in [0.717, 1.165) is 16.7 Å². The number of benzene rings is 3. The van der Waals surface area contributed by atoms with Crippen LogP contribution in [0.4, 0.5) is 9.59 Å². The van der Waals surface area contributed by atoms with Crippen LogP contribution in [0.3, 0.4) is 0 Å². The summed E-state index contributed by atoms with van der Waals surface area (Å²) in [5.41, 5.74) is 2.82. The summed E-state index contributed by atoms with van der Waals surface area (Å²) in [6.45, 7) is 3.77. The van der Waals surface area contributed by atoms with Gasteiger partial charge in [-0.1, -0.05) is 91.0 Å². The van der Waals surface area contributed by atoms with Crippen LogP contribution >= 0.6 is 0 Å². The molecule has 4 atom stereocenters. The van der Waals surface area contributed by atoms with Crippen LogP contribution in [0.5, 0.6) is 0 Å². The highest BCUT2D eigenvalue weighted by Crippen LogP contribution is 2.32. The Morgan fingerprint density at radius 3 is 1.80 bits per heavy atom. The summed E-state index contributed by atoms with van der Waals surface area (Å²) in [5.74, 6) is -0.234. The van der Waals surface area contributed by atoms with Crippen LogP contribution in [-0.4, -0.2) is 35.1 Å². The molecule has 2 aliphatic rings. The van der Waals surface area contributed by atoms with Gasteiger partial charge >= 0.3 is 12.2 Å². The van der Waals surface area contributed by atoms with E-state index in [1.54, 1.807) is 0 Å². The molecular weight excluding hydrogens is 444 g/mol. The number of amides is 3. The van der Waals surface area contributed by atoms with Crippen LogP contribution in [-0.2, 0) is 20.7 Å². The van der Waals surface area contributed by atoms with E-state index in [9.17, 15) is 14.4 Å². The van der Waals surface area contributed by atoms with Gasteiger partial charge in [-0.15, -0.1) is 0 Å². The predicted molar refractivity (Wildman–Crippen MR) is 130 cm³/mol. The first-order valence-electron chi connectivity index (χ1n) is 11.6. The number of hydrogen-bond acceptors (Lipinski definition) is 5. The molecule has 0 spiro atoms. The van der Waals surface area contributed by atoms with Crippen molar-refractivity contribution < 1.29 is 23.9 Å². The minimum atomic E-state index is -0.567. The van der Waals surface area contributed by atoms with Gasteiger partial charge in [-0.2, -0.15) is 0 Å². The summed E-state index contributed by atoms with van der Waals surface area (Å²) in [7, 11) is 0. The summed E-state index contributed by atoms with van der Waals surface area (Å²) >= 11 is 0. The summed E-state index contributed by atoms with van der Waals surface area (Å²) < 4.78 is 10.5. The van der Waals surface area contributed by atoms with Crippen molar-refractivity contribution in [1.82, 2.24) is 10.2 Å². The van der Waals surface area contributed by atoms with Crippen LogP contribution < -0.4 is 5.32 Å². The molecule has 7 nitrogen and oxygen atoms in total. The largest absolute Gasteiger partial charge is 0.439 e. The number of ether oxygens (including phenoxy) is 2. The van der Waals surface area contributed by atoms with Crippen molar-refractivity contribution in [2.45, 2.75) is 44.6 Å². The zero-order valence-corrected chi connectivity index (χ0v) is 19.7. The van der Waals surface area contributed by atoms with Gasteiger partial charge < -0.3 is 14.8 Å². The maximum atomic E-state index is 12.4. The molecule has 2 saturated heterocycles. The molecule has 7 heteroatoms. The second-order valence-electron chi connectivity index (χ2n) is 8.55. The number of carbonyl (C=O) groups is 3. The van der Waals surface area contributed by atoms with Crippen LogP contribution in [0.2, 0.25) is 0 Å². The fourth-order valence-electron chi connectivity index (χ4n) is 4.25. The van der Waals surface area contributed by atoms with Crippen LogP contribution in [0, 0.1) is 0 Å². The number of carbonyl (C=O) groups excluding carboxylic acids is 3. The molecule has 1 N–H and O–H groups in total. The quantitative estimate of drug-likeness (QED) is 0.565. The molecule has 35 heavy (non-hydrogen) atoms. The lowest BCUT2D eigenvalue weighted by Crippen LogP contribution is -2.38. The zero-order valence-electron chi connectivity index (χ0n) is 19.7. The van der Waals surface area contributed by atoms with E-state index >= 15 is 0 Å². The molecule has 0 saturated carbocycles. The van der Waals surface area contributed by atoms with Gasteiger partial charge in [-0.3, -0.25) is 4.79 Å². The summed E-state index contributed by atoms with van der Waals surface area (Å²) in [5, 5.41) is 2.70. The van der Waals surface area contributed by atoms with E-state index in [-0.39, 0.29) is 36.6 Å². The fourth-order valence-corrected chi connectivity index (χ4v) is 4.25. The average Bonchev–Trinajstić information content (AvgIpc) is 3.37. The maximum absolute atomic E-state index is 12.4. The number of imide groups is 1. The van der Waals surface area contributed by atoms with Crippen LogP contribution in [0.1, 0.15) is 42.7 Å². The van der Waals surface area contributed by atoms with Crippen molar-refractivity contribution in [3.8, 4) is 0 Å². The Morgan fingerprint density at radius 1 is 0.771 bits per heavy atom. The van der Waals surface area contributed by atoms with Gasteiger partial charge in [0.15, 0.2) is 0 Å². The Hall–Kier alpha value is -4.13. The van der Waals surface area contributed by atoms with Gasteiger partial charge in [0.2, 0.25) is 5.91 Å². The second-order valence-corrected chi connectivity index (χ2v) is 8.55. The van der Waals surface area contributed by atoms with E-state index in [1.165, 1.54) is 4.90 Å². The number of nitrogens with one attached hydrogen (secondary N) is 1. The third kappa shape index (κ3) is 5.69. The molecule has 180 valence electrons. The van der Waals surface area contributed by atoms with Crippen molar-refractivity contribution in [2.24, 2.45) is 0 Å². The van der Waals surface area contributed by atoms with Gasteiger partial charge in [0.25, 0.3) is 0 Å². The van der Waals surface area contributed by atoms with Crippen LogP contribution in [0.25, 0.3) is 0 Å². The summed E-state index contributed by atoms with van der Waals surface area (Å²) in [6.07, 6.45) is -1.26. The molecule has 3 aromatic carbocycles. The normalized spacial score (nSPS) is 23.0. The number of nitrogens with zero attached hydrogens (tertiary/aromatic N) is 1. The highest BCUT2D eigenvalue weighted by molar-refractivity contribution is 5.94. The van der Waals surface area contributed by atoms with Gasteiger partial charge in [-0.25, -0.2) is 14.5 Å². The number of rotatable bonds is 4. The monoisotopic (exact) mass is 472 g/mol. The van der Waals surface area contributed by atoms with Crippen molar-refractivity contribution in [1.29, 1.82) is 0 Å². The summed E-state index contributed by atoms with van der Waals surface area (Å²) in [4.78, 5) is 36.7. The average molecular weight is 473 g/mol. The Morgan fingerprint density at radius 2 is 1.29 bits per heavy atom. The van der Waals surface area contributed by atoms with E-state index in [2.05, 4.69) is 5.32 Å². The highest BCUT2D eigenvalue weighted by Gasteiger charge is 2.43. The summed E-state index contributed by atoms with van der Waals surface area (Å²) in [6, 6.07) is 28.4. The van der Waals surface area contributed by atoms with E-state index < -0.39 is 12.2 Å². The molecule has 2 heterocycles. The smallest absolute Gasteiger partial charge is 0.417 e. The molecule has 3 aromatic rings. The minimum absolute atomic E-state index is 0.0508. The zero-order chi connectivity index (χ0) is 24.8. The molecule has 2 aliphatic heterocycles. The lowest BCUT2D eigenvalue weighted by molar-refractivity contribution is -0.128. The molecule has 0 unspecified atom stereocenters. The van der Waals surface area contributed by atoms with Gasteiger partial charge in [0.05, 0.1) is 18.5 Å². The van der Waals surface area contributed by atoms with E-state index in [0.29, 0.717) is 0 Å². The predicted octanol–water partition coefficient (Wildman–Crippen LogP) is 5.19. The van der Waals surface area contributed by atoms with Gasteiger partial charge in [0.1, 0.15) is 12.2 Å². The molecule has 0 bridgehead atoms. The van der Waals surface area contributed by atoms with Crippen molar-refractivity contribution >= 4 is 18.1 Å². The molecular formula is C28H28N2O5. The van der Waals surface area contributed by atoms with E-state index in [4.69, 9.17) is 9.47 Å². The highest BCUT2D eigenvalue weighted by atomic mass is 16.6. The first kappa shape index (κ1) is 24.0. The number of alkyl carbamates (subject to hydrolysis) is 1. The van der Waals surface area contributed by atoms with Crippen molar-refractivity contribution in [3.63, 3.8) is 0 Å². The topological polar surface area (TPSA) is 84.9 Å². The lowest BCUT2D eigenvalue weighted by Gasteiger charge is -2.19. The van der Waals surface area contributed by atoms with Crippen molar-refractivity contribution in [3.05, 3.63) is 108 Å². The third-order valence-electron chi connectivity index (χ3n) is 6.03. The maximum Gasteiger partial charge on any atom is 0.417 e. The van der Waals surface area contributed by atoms with Crippen molar-refractivity contribution in [2.75, 3.05) is 0 Å².